The third-order valence-electron chi connectivity index (χ3n) is 1.78. The van der Waals surface area contributed by atoms with Gasteiger partial charge in [0, 0.05) is 11.6 Å². The smallest absolute Gasteiger partial charge is 0.307 e. The van der Waals surface area contributed by atoms with Crippen molar-refractivity contribution in [3.05, 3.63) is 32.0 Å². The Kier molecular flexibility index (Phi) is 3.43. The molecule has 0 amide bonds. The van der Waals surface area contributed by atoms with E-state index in [-0.39, 0.29) is 5.56 Å². The molecule has 0 atom stereocenters. The molecule has 1 rings (SSSR count). The number of hydrogen-bond acceptors (Lipinski definition) is 4. The lowest BCUT2D eigenvalue weighted by Crippen LogP contribution is -2.03. The van der Waals surface area contributed by atoms with Crippen LogP contribution in [0.4, 0.5) is 10.1 Å². The quantitative estimate of drug-likeness (QED) is 0.654. The summed E-state index contributed by atoms with van der Waals surface area (Å²) in [6.07, 6.45) is -0.633. The van der Waals surface area contributed by atoms with Gasteiger partial charge in [0.1, 0.15) is 10.2 Å². The lowest BCUT2D eigenvalue weighted by atomic mass is 10.1. The molecule has 8 heteroatoms. The summed E-state index contributed by atoms with van der Waals surface area (Å²) in [5.74, 6) is -3.18. The number of aliphatic carboxylic acids is 1. The van der Waals surface area contributed by atoms with Crippen LogP contribution in [0.3, 0.4) is 0 Å². The van der Waals surface area contributed by atoms with Crippen molar-refractivity contribution < 1.29 is 24.3 Å². The van der Waals surface area contributed by atoms with Gasteiger partial charge < -0.3 is 10.2 Å². The summed E-state index contributed by atoms with van der Waals surface area (Å²) in [7, 11) is 0. The molecule has 0 aliphatic heterocycles. The molecule has 1 aromatic carbocycles. The van der Waals surface area contributed by atoms with Crippen LogP contribution in [0.15, 0.2) is 10.5 Å². The second kappa shape index (κ2) is 4.44. The molecular weight excluding hydrogens is 289 g/mol. The number of benzene rings is 1. The number of halogens is 2. The van der Waals surface area contributed by atoms with E-state index in [4.69, 9.17) is 5.11 Å². The van der Waals surface area contributed by atoms with Crippen molar-refractivity contribution >= 4 is 27.6 Å². The maximum absolute atomic E-state index is 13.2. The summed E-state index contributed by atoms with van der Waals surface area (Å²) in [5.41, 5.74) is -1.12. The zero-order chi connectivity index (χ0) is 12.5. The van der Waals surface area contributed by atoms with Gasteiger partial charge in [0.2, 0.25) is 5.82 Å². The SMILES string of the molecule is O=C(O)Cc1cc([N+](=O)[O-])c(F)c(Br)c1O. The summed E-state index contributed by atoms with van der Waals surface area (Å²) in [6, 6.07) is 0.698. The van der Waals surface area contributed by atoms with Gasteiger partial charge in [0.05, 0.1) is 11.3 Å². The van der Waals surface area contributed by atoms with Gasteiger partial charge in [0.15, 0.2) is 0 Å². The van der Waals surface area contributed by atoms with E-state index in [1.165, 1.54) is 0 Å². The molecule has 0 fully saturated rings. The Labute approximate surface area is 96.6 Å². The van der Waals surface area contributed by atoms with Crippen molar-refractivity contribution in [2.75, 3.05) is 0 Å². The molecule has 6 nitrogen and oxygen atoms in total. The predicted octanol–water partition coefficient (Wildman–Crippen LogP) is 1.83. The van der Waals surface area contributed by atoms with Crippen molar-refractivity contribution in [2.45, 2.75) is 6.42 Å². The van der Waals surface area contributed by atoms with Crippen molar-refractivity contribution in [1.82, 2.24) is 0 Å². The summed E-state index contributed by atoms with van der Waals surface area (Å²) in [6.45, 7) is 0. The third-order valence-corrected chi connectivity index (χ3v) is 2.50. The van der Waals surface area contributed by atoms with Crippen LogP contribution in [0.5, 0.6) is 5.75 Å². The molecule has 86 valence electrons. The van der Waals surface area contributed by atoms with Crippen molar-refractivity contribution in [3.8, 4) is 5.75 Å². The van der Waals surface area contributed by atoms with E-state index in [9.17, 15) is 24.4 Å². The Bertz CT molecular complexity index is 476. The summed E-state index contributed by atoms with van der Waals surface area (Å²) < 4.78 is 12.7. The number of rotatable bonds is 3. The molecule has 0 aliphatic carbocycles. The van der Waals surface area contributed by atoms with Crippen LogP contribution in [0.1, 0.15) is 5.56 Å². The average Bonchev–Trinajstić information content (AvgIpc) is 2.18. The Morgan fingerprint density at radius 2 is 2.19 bits per heavy atom. The van der Waals surface area contributed by atoms with E-state index in [2.05, 4.69) is 15.9 Å². The molecule has 0 saturated heterocycles. The Hall–Kier alpha value is -1.70. The van der Waals surface area contributed by atoms with Crippen molar-refractivity contribution in [1.29, 1.82) is 0 Å². The minimum Gasteiger partial charge on any atom is -0.506 e. The van der Waals surface area contributed by atoms with Crippen LogP contribution in [0, 0.1) is 15.9 Å². The number of nitro benzene ring substituents is 1. The van der Waals surface area contributed by atoms with Crippen molar-refractivity contribution in [3.63, 3.8) is 0 Å². The summed E-state index contributed by atoms with van der Waals surface area (Å²) in [5, 5.41) is 28.3. The second-order valence-corrected chi connectivity index (χ2v) is 3.65. The monoisotopic (exact) mass is 293 g/mol. The van der Waals surface area contributed by atoms with Gasteiger partial charge in [-0.25, -0.2) is 0 Å². The van der Waals surface area contributed by atoms with E-state index < -0.39 is 39.0 Å². The molecule has 2 N–H and O–H groups in total. The number of nitro groups is 1. The van der Waals surface area contributed by atoms with Gasteiger partial charge in [-0.3, -0.25) is 14.9 Å². The van der Waals surface area contributed by atoms with E-state index in [0.29, 0.717) is 6.07 Å². The zero-order valence-electron chi connectivity index (χ0n) is 7.61. The number of nitrogens with zero attached hydrogens (tertiary/aromatic N) is 1. The van der Waals surface area contributed by atoms with Gasteiger partial charge in [-0.05, 0) is 15.9 Å². The minimum absolute atomic E-state index is 0.229. The predicted molar refractivity (Wildman–Crippen MR) is 53.8 cm³/mol. The van der Waals surface area contributed by atoms with E-state index in [0.717, 1.165) is 0 Å². The Morgan fingerprint density at radius 3 is 2.62 bits per heavy atom. The maximum atomic E-state index is 13.2. The number of aromatic hydroxyl groups is 1. The van der Waals surface area contributed by atoms with Crippen LogP contribution < -0.4 is 0 Å². The van der Waals surface area contributed by atoms with Crippen LogP contribution in [-0.4, -0.2) is 21.1 Å². The fraction of sp³-hybridized carbons (Fsp3) is 0.125. The maximum Gasteiger partial charge on any atom is 0.307 e. The molecule has 0 aromatic heterocycles. The van der Waals surface area contributed by atoms with Crippen LogP contribution in [0.2, 0.25) is 0 Å². The molecule has 0 unspecified atom stereocenters. The summed E-state index contributed by atoms with van der Waals surface area (Å²) >= 11 is 2.62. The number of carbonyl (C=O) groups is 1. The van der Waals surface area contributed by atoms with Gasteiger partial charge in [-0.15, -0.1) is 0 Å². The number of phenolic OH excluding ortho intramolecular Hbond substituents is 1. The lowest BCUT2D eigenvalue weighted by molar-refractivity contribution is -0.387. The molecular formula is C8H5BrFNO5. The highest BCUT2D eigenvalue weighted by atomic mass is 79.9. The van der Waals surface area contributed by atoms with Crippen LogP contribution in [-0.2, 0) is 11.2 Å². The lowest BCUT2D eigenvalue weighted by Gasteiger charge is -2.05. The minimum atomic E-state index is -1.29. The highest BCUT2D eigenvalue weighted by Crippen LogP contribution is 2.36. The molecule has 0 aliphatic rings. The Morgan fingerprint density at radius 1 is 1.62 bits per heavy atom. The molecule has 0 heterocycles. The molecule has 0 bridgehead atoms. The number of phenols is 1. The van der Waals surface area contributed by atoms with Gasteiger partial charge in [0.25, 0.3) is 0 Å². The number of hydrogen-bond donors (Lipinski definition) is 2. The fourth-order valence-electron chi connectivity index (χ4n) is 1.08. The molecule has 1 aromatic rings. The van der Waals surface area contributed by atoms with Gasteiger partial charge in [-0.2, -0.15) is 4.39 Å². The molecule has 16 heavy (non-hydrogen) atoms. The first kappa shape index (κ1) is 12.4. The number of carboxylic acid groups (broad SMARTS) is 1. The van der Waals surface area contributed by atoms with E-state index in [1.807, 2.05) is 0 Å². The average molecular weight is 294 g/mol. The van der Waals surface area contributed by atoms with Gasteiger partial charge in [-0.1, -0.05) is 0 Å². The zero-order valence-corrected chi connectivity index (χ0v) is 9.19. The molecule has 0 saturated carbocycles. The normalized spacial score (nSPS) is 10.1. The highest BCUT2D eigenvalue weighted by Gasteiger charge is 2.24. The number of carboxylic acids is 1. The summed E-state index contributed by atoms with van der Waals surface area (Å²) in [4.78, 5) is 19.9. The first-order valence-corrected chi connectivity index (χ1v) is 4.70. The van der Waals surface area contributed by atoms with Gasteiger partial charge >= 0.3 is 11.7 Å². The first-order chi connectivity index (χ1) is 7.34. The Balaban J connectivity index is 3.40. The second-order valence-electron chi connectivity index (χ2n) is 2.86. The van der Waals surface area contributed by atoms with Crippen LogP contribution in [0.25, 0.3) is 0 Å². The largest absolute Gasteiger partial charge is 0.506 e. The fourth-order valence-corrected chi connectivity index (χ4v) is 1.54. The van der Waals surface area contributed by atoms with E-state index >= 15 is 0 Å². The molecule has 0 radical (unpaired) electrons. The highest BCUT2D eigenvalue weighted by molar-refractivity contribution is 9.10. The topological polar surface area (TPSA) is 101 Å². The third kappa shape index (κ3) is 2.27. The molecule has 0 spiro atoms. The van der Waals surface area contributed by atoms with Crippen molar-refractivity contribution in [2.24, 2.45) is 0 Å². The first-order valence-electron chi connectivity index (χ1n) is 3.90. The van der Waals surface area contributed by atoms with Crippen LogP contribution >= 0.6 is 15.9 Å². The standard InChI is InChI=1S/C8H5BrFNO5/c9-6-7(10)4(11(15)16)1-3(8(6)14)2-5(12)13/h1,14H,2H2,(H,12,13). The van der Waals surface area contributed by atoms with E-state index in [1.54, 1.807) is 0 Å².